The summed E-state index contributed by atoms with van der Waals surface area (Å²) in [6, 6.07) is 17.4. The summed E-state index contributed by atoms with van der Waals surface area (Å²) in [5, 5.41) is 13.9. The highest BCUT2D eigenvalue weighted by atomic mass is 32.2. The first kappa shape index (κ1) is 24.7. The molecule has 2 N–H and O–H groups in total. The molecule has 0 aliphatic heterocycles. The third-order valence-corrected chi connectivity index (χ3v) is 6.55. The van der Waals surface area contributed by atoms with Crippen LogP contribution in [0, 0.1) is 17.0 Å². The fourth-order valence-corrected chi connectivity index (χ4v) is 4.32. The van der Waals surface area contributed by atoms with E-state index < -0.39 is 14.9 Å². The molecule has 0 aliphatic carbocycles. The highest BCUT2D eigenvalue weighted by molar-refractivity contribution is 7.92. The van der Waals surface area contributed by atoms with E-state index in [0.717, 1.165) is 30.2 Å². The Hall–Kier alpha value is -3.92. The minimum Gasteiger partial charge on any atom is -0.497 e. The molecule has 3 aromatic carbocycles. The number of nitro groups is 1. The molecular formula is C24H25N3O6S. The highest BCUT2D eigenvalue weighted by Crippen LogP contribution is 2.24. The first-order valence-corrected chi connectivity index (χ1v) is 12.0. The molecule has 0 aliphatic rings. The Labute approximate surface area is 198 Å². The van der Waals surface area contributed by atoms with E-state index in [0.29, 0.717) is 17.7 Å². The maximum atomic E-state index is 12.6. The number of carbonyl (C=O) groups is 1. The Bertz CT molecular complexity index is 1270. The largest absolute Gasteiger partial charge is 0.497 e. The van der Waals surface area contributed by atoms with Crippen LogP contribution in [0.15, 0.2) is 71.6 Å². The molecule has 0 radical (unpaired) electrons. The second-order valence-electron chi connectivity index (χ2n) is 7.60. The molecule has 0 spiro atoms. The fraction of sp³-hybridized carbons (Fsp3) is 0.208. The summed E-state index contributed by atoms with van der Waals surface area (Å²) in [5.41, 5.74) is 1.86. The third-order valence-electron chi connectivity index (χ3n) is 5.17. The molecule has 1 amide bonds. The summed E-state index contributed by atoms with van der Waals surface area (Å²) in [4.78, 5) is 22.6. The number of rotatable bonds is 10. The van der Waals surface area contributed by atoms with Crippen molar-refractivity contribution in [3.05, 3.63) is 93.5 Å². The minimum absolute atomic E-state index is 0.219. The molecular weight excluding hydrogens is 458 g/mol. The second kappa shape index (κ2) is 10.8. The lowest BCUT2D eigenvalue weighted by molar-refractivity contribution is -0.385. The molecule has 0 saturated heterocycles. The minimum atomic E-state index is -4.03. The van der Waals surface area contributed by atoms with E-state index in [2.05, 4.69) is 10.0 Å². The molecule has 34 heavy (non-hydrogen) atoms. The van der Waals surface area contributed by atoms with E-state index in [4.69, 9.17) is 4.74 Å². The number of nitrogens with zero attached hydrogens (tertiary/aromatic N) is 1. The first-order valence-electron chi connectivity index (χ1n) is 10.5. The lowest BCUT2D eigenvalue weighted by Crippen LogP contribution is -2.24. The number of sulfonamides is 1. The Balaban J connectivity index is 1.55. The number of carbonyl (C=O) groups excluding carboxylic acids is 1. The number of nitro benzene ring substituents is 1. The smallest absolute Gasteiger partial charge is 0.273 e. The highest BCUT2D eigenvalue weighted by Gasteiger charge is 2.20. The summed E-state index contributed by atoms with van der Waals surface area (Å²) in [6.45, 7) is 2.02. The molecule has 3 aromatic rings. The molecule has 0 atom stereocenters. The van der Waals surface area contributed by atoms with Crippen LogP contribution in [0.2, 0.25) is 0 Å². The van der Waals surface area contributed by atoms with Gasteiger partial charge in [-0.3, -0.25) is 19.6 Å². The third kappa shape index (κ3) is 6.32. The zero-order chi connectivity index (χ0) is 24.7. The summed E-state index contributed by atoms with van der Waals surface area (Å²) >= 11 is 0. The van der Waals surface area contributed by atoms with Crippen molar-refractivity contribution < 1.29 is 22.9 Å². The zero-order valence-electron chi connectivity index (χ0n) is 18.8. The molecule has 0 saturated carbocycles. The zero-order valence-corrected chi connectivity index (χ0v) is 19.6. The van der Waals surface area contributed by atoms with Crippen LogP contribution in [-0.4, -0.2) is 32.9 Å². The Kier molecular flexibility index (Phi) is 7.85. The van der Waals surface area contributed by atoms with Crippen LogP contribution in [0.5, 0.6) is 5.75 Å². The lowest BCUT2D eigenvalue weighted by Gasteiger charge is -2.10. The number of aryl methyl sites for hydroxylation is 2. The van der Waals surface area contributed by atoms with Gasteiger partial charge in [-0.15, -0.1) is 0 Å². The van der Waals surface area contributed by atoms with Gasteiger partial charge >= 0.3 is 0 Å². The molecule has 178 valence electrons. The van der Waals surface area contributed by atoms with Gasteiger partial charge in [0.2, 0.25) is 0 Å². The van der Waals surface area contributed by atoms with Gasteiger partial charge in [0.1, 0.15) is 5.75 Å². The molecule has 10 heteroatoms. The van der Waals surface area contributed by atoms with Gasteiger partial charge in [-0.05, 0) is 67.8 Å². The van der Waals surface area contributed by atoms with Gasteiger partial charge in [0.25, 0.3) is 21.6 Å². The fourth-order valence-electron chi connectivity index (χ4n) is 3.25. The average molecular weight is 484 g/mol. The number of amides is 1. The van der Waals surface area contributed by atoms with Crippen LogP contribution in [-0.2, 0) is 16.4 Å². The van der Waals surface area contributed by atoms with E-state index in [9.17, 15) is 23.3 Å². The molecule has 0 unspecified atom stereocenters. The van der Waals surface area contributed by atoms with Crippen LogP contribution in [0.25, 0.3) is 0 Å². The van der Waals surface area contributed by atoms with Gasteiger partial charge in [-0.2, -0.15) is 0 Å². The average Bonchev–Trinajstić information content (AvgIpc) is 2.82. The van der Waals surface area contributed by atoms with Crippen molar-refractivity contribution >= 4 is 27.3 Å². The normalized spacial score (nSPS) is 11.0. The van der Waals surface area contributed by atoms with Crippen LogP contribution in [0.1, 0.15) is 27.9 Å². The summed E-state index contributed by atoms with van der Waals surface area (Å²) in [5.74, 6) is 0.529. The van der Waals surface area contributed by atoms with Gasteiger partial charge in [0, 0.05) is 29.4 Å². The standard InChI is InChI=1S/C24H25N3O6S/c1-17-5-14-22(16-23(17)27(29)30)34(31,32)26-20-10-8-19(9-11-20)24(28)25-15-3-4-18-6-12-21(33-2)13-7-18/h5-14,16,26H,3-4,15H2,1-2H3,(H,25,28). The Morgan fingerprint density at radius 2 is 1.71 bits per heavy atom. The maximum absolute atomic E-state index is 12.6. The predicted octanol–water partition coefficient (Wildman–Crippen LogP) is 4.08. The molecule has 0 heterocycles. The molecule has 9 nitrogen and oxygen atoms in total. The first-order chi connectivity index (χ1) is 16.2. The van der Waals surface area contributed by atoms with Gasteiger partial charge in [0.15, 0.2) is 0 Å². The van der Waals surface area contributed by atoms with Crippen molar-refractivity contribution in [2.24, 2.45) is 0 Å². The van der Waals surface area contributed by atoms with Gasteiger partial charge in [-0.1, -0.05) is 18.2 Å². The second-order valence-corrected chi connectivity index (χ2v) is 9.28. The van der Waals surface area contributed by atoms with E-state index in [1.165, 1.54) is 43.3 Å². The van der Waals surface area contributed by atoms with Crippen LogP contribution < -0.4 is 14.8 Å². The SMILES string of the molecule is COc1ccc(CCCNC(=O)c2ccc(NS(=O)(=O)c3ccc(C)c([N+](=O)[O-])c3)cc2)cc1. The van der Waals surface area contributed by atoms with Crippen molar-refractivity contribution in [3.8, 4) is 5.75 Å². The summed E-state index contributed by atoms with van der Waals surface area (Å²) in [7, 11) is -2.42. The molecule has 0 fully saturated rings. The number of hydrogen-bond acceptors (Lipinski definition) is 6. The monoisotopic (exact) mass is 483 g/mol. The van der Waals surface area contributed by atoms with Crippen molar-refractivity contribution in [1.29, 1.82) is 0 Å². The number of ether oxygens (including phenoxy) is 1. The molecule has 3 rings (SSSR count). The quantitative estimate of drug-likeness (QED) is 0.254. The van der Waals surface area contributed by atoms with Gasteiger partial charge in [0.05, 0.1) is 16.9 Å². The number of methoxy groups -OCH3 is 1. The van der Waals surface area contributed by atoms with Crippen LogP contribution in [0.4, 0.5) is 11.4 Å². The van der Waals surface area contributed by atoms with Crippen molar-refractivity contribution in [2.75, 3.05) is 18.4 Å². The lowest BCUT2D eigenvalue weighted by atomic mass is 10.1. The number of hydrogen-bond donors (Lipinski definition) is 2. The summed E-state index contributed by atoms with van der Waals surface area (Å²) in [6.07, 6.45) is 1.57. The van der Waals surface area contributed by atoms with E-state index in [-0.39, 0.29) is 22.2 Å². The van der Waals surface area contributed by atoms with Crippen molar-refractivity contribution in [1.82, 2.24) is 5.32 Å². The topological polar surface area (TPSA) is 128 Å². The van der Waals surface area contributed by atoms with E-state index in [1.807, 2.05) is 24.3 Å². The van der Waals surface area contributed by atoms with E-state index in [1.54, 1.807) is 7.11 Å². The predicted molar refractivity (Wildman–Crippen MR) is 129 cm³/mol. The number of anilines is 1. The van der Waals surface area contributed by atoms with Crippen molar-refractivity contribution in [2.45, 2.75) is 24.7 Å². The van der Waals surface area contributed by atoms with Gasteiger partial charge < -0.3 is 10.1 Å². The van der Waals surface area contributed by atoms with E-state index >= 15 is 0 Å². The van der Waals surface area contributed by atoms with Gasteiger partial charge in [-0.25, -0.2) is 8.42 Å². The number of nitrogens with one attached hydrogen (secondary N) is 2. The Morgan fingerprint density at radius 1 is 1.03 bits per heavy atom. The van der Waals surface area contributed by atoms with Crippen LogP contribution >= 0.6 is 0 Å². The van der Waals surface area contributed by atoms with Crippen LogP contribution in [0.3, 0.4) is 0 Å². The molecule has 0 bridgehead atoms. The Morgan fingerprint density at radius 3 is 2.32 bits per heavy atom. The molecule has 0 aromatic heterocycles. The van der Waals surface area contributed by atoms with Crippen molar-refractivity contribution in [3.63, 3.8) is 0 Å². The number of benzene rings is 3. The maximum Gasteiger partial charge on any atom is 0.273 e. The summed E-state index contributed by atoms with van der Waals surface area (Å²) < 4.78 is 32.7.